The third-order valence-corrected chi connectivity index (χ3v) is 4.40. The Hall–Kier alpha value is -3.42. The molecule has 0 saturated heterocycles. The van der Waals surface area contributed by atoms with Crippen LogP contribution in [0.25, 0.3) is 11.0 Å². The van der Waals surface area contributed by atoms with Crippen LogP contribution < -0.4 is 15.4 Å². The van der Waals surface area contributed by atoms with E-state index in [9.17, 15) is 9.59 Å². The molecule has 1 aliphatic rings. The van der Waals surface area contributed by atoms with Crippen molar-refractivity contribution in [2.75, 3.05) is 11.4 Å². The first-order chi connectivity index (χ1) is 12.6. The van der Waals surface area contributed by atoms with Crippen molar-refractivity contribution in [2.45, 2.75) is 19.6 Å². The maximum Gasteiger partial charge on any atom is 0.260 e. The van der Waals surface area contributed by atoms with Gasteiger partial charge >= 0.3 is 0 Å². The fourth-order valence-corrected chi connectivity index (χ4v) is 3.07. The van der Waals surface area contributed by atoms with Crippen molar-refractivity contribution in [3.05, 3.63) is 48.0 Å². The lowest BCUT2D eigenvalue weighted by atomic mass is 10.1. The van der Waals surface area contributed by atoms with Crippen molar-refractivity contribution < 1.29 is 14.3 Å². The fraction of sp³-hybridized carbons (Fsp3) is 0.222. The summed E-state index contributed by atoms with van der Waals surface area (Å²) in [5, 5.41) is 8.17. The van der Waals surface area contributed by atoms with E-state index >= 15 is 0 Å². The molecule has 2 heterocycles. The average molecular weight is 351 g/mol. The summed E-state index contributed by atoms with van der Waals surface area (Å²) in [6, 6.07) is 12.3. The van der Waals surface area contributed by atoms with Crippen molar-refractivity contribution >= 4 is 28.5 Å². The van der Waals surface area contributed by atoms with E-state index in [1.165, 1.54) is 4.90 Å². The number of primary amides is 1. The zero-order chi connectivity index (χ0) is 18.3. The normalized spacial score (nSPS) is 16.2. The van der Waals surface area contributed by atoms with Crippen molar-refractivity contribution in [2.24, 2.45) is 5.73 Å². The van der Waals surface area contributed by atoms with Gasteiger partial charge in [-0.1, -0.05) is 17.3 Å². The molecule has 3 aromatic rings. The summed E-state index contributed by atoms with van der Waals surface area (Å²) in [5.41, 5.74) is 7.96. The number of ether oxygens (including phenoxy) is 1. The van der Waals surface area contributed by atoms with Gasteiger partial charge in [-0.3, -0.25) is 9.59 Å². The van der Waals surface area contributed by atoms with E-state index < -0.39 is 12.0 Å². The minimum atomic E-state index is -0.890. The van der Waals surface area contributed by atoms with Crippen LogP contribution in [0.2, 0.25) is 0 Å². The molecule has 0 aliphatic carbocycles. The fourth-order valence-electron chi connectivity index (χ4n) is 3.07. The number of nitrogens with two attached hydrogens (primary N) is 1. The zero-order valence-corrected chi connectivity index (χ0v) is 14.1. The highest BCUT2D eigenvalue weighted by molar-refractivity contribution is 6.09. The lowest BCUT2D eigenvalue weighted by Crippen LogP contribution is -2.49. The van der Waals surface area contributed by atoms with Crippen molar-refractivity contribution in [3.8, 4) is 5.75 Å². The Bertz CT molecular complexity index is 1010. The van der Waals surface area contributed by atoms with Gasteiger partial charge in [-0.15, -0.1) is 5.10 Å². The van der Waals surface area contributed by atoms with Gasteiger partial charge in [0.05, 0.1) is 17.7 Å². The lowest BCUT2D eigenvalue weighted by molar-refractivity contribution is -0.124. The first-order valence-electron chi connectivity index (χ1n) is 8.28. The molecule has 8 nitrogen and oxygen atoms in total. The van der Waals surface area contributed by atoms with Gasteiger partial charge in [0.2, 0.25) is 0 Å². The first-order valence-corrected chi connectivity index (χ1v) is 8.28. The van der Waals surface area contributed by atoms with Crippen LogP contribution in [-0.4, -0.2) is 39.5 Å². The Balaban J connectivity index is 1.74. The second kappa shape index (κ2) is 6.14. The summed E-state index contributed by atoms with van der Waals surface area (Å²) in [6.45, 7) is 2.73. The SMILES string of the molecule is CCn1nnc2cc(C(=O)N3C[C@@H](C(N)=O)Oc4ccccc43)ccc21. The number of fused-ring (bicyclic) bond motifs is 2. The van der Waals surface area contributed by atoms with E-state index in [1.807, 2.05) is 19.1 Å². The van der Waals surface area contributed by atoms with Crippen LogP contribution >= 0.6 is 0 Å². The molecule has 0 radical (unpaired) electrons. The zero-order valence-electron chi connectivity index (χ0n) is 14.1. The van der Waals surface area contributed by atoms with E-state index in [0.29, 0.717) is 29.1 Å². The molecule has 0 saturated carbocycles. The van der Waals surface area contributed by atoms with Crippen molar-refractivity contribution in [3.63, 3.8) is 0 Å². The summed E-state index contributed by atoms with van der Waals surface area (Å²) in [5.74, 6) is -0.410. The second-order valence-corrected chi connectivity index (χ2v) is 6.00. The predicted octanol–water partition coefficient (Wildman–Crippen LogP) is 1.34. The Labute approximate surface area is 149 Å². The average Bonchev–Trinajstić information content (AvgIpc) is 3.08. The third-order valence-electron chi connectivity index (χ3n) is 4.40. The van der Waals surface area contributed by atoms with E-state index in [1.54, 1.807) is 35.0 Å². The van der Waals surface area contributed by atoms with Gasteiger partial charge in [-0.2, -0.15) is 0 Å². The number of carbonyl (C=O) groups excluding carboxylic acids is 2. The van der Waals surface area contributed by atoms with Gasteiger partial charge in [-0.25, -0.2) is 4.68 Å². The van der Waals surface area contributed by atoms with Crippen LogP contribution in [0.15, 0.2) is 42.5 Å². The van der Waals surface area contributed by atoms with Gasteiger partial charge in [-0.05, 0) is 37.3 Å². The molecule has 2 N–H and O–H groups in total. The van der Waals surface area contributed by atoms with E-state index in [2.05, 4.69) is 10.3 Å². The molecule has 132 valence electrons. The number of nitrogens with zero attached hydrogens (tertiary/aromatic N) is 4. The molecule has 1 aliphatic heterocycles. The van der Waals surface area contributed by atoms with Crippen LogP contribution in [0.3, 0.4) is 0 Å². The van der Waals surface area contributed by atoms with Crippen LogP contribution in [0.1, 0.15) is 17.3 Å². The Kier molecular flexibility index (Phi) is 3.80. The summed E-state index contributed by atoms with van der Waals surface area (Å²) in [7, 11) is 0. The summed E-state index contributed by atoms with van der Waals surface area (Å²) in [6.07, 6.45) is -0.890. The molecule has 0 spiro atoms. The number of amides is 2. The predicted molar refractivity (Wildman–Crippen MR) is 94.9 cm³/mol. The van der Waals surface area contributed by atoms with Crippen LogP contribution in [0, 0.1) is 0 Å². The first kappa shape index (κ1) is 16.1. The number of aromatic nitrogens is 3. The minimum Gasteiger partial charge on any atom is -0.477 e. The molecule has 26 heavy (non-hydrogen) atoms. The number of rotatable bonds is 3. The molecule has 0 bridgehead atoms. The quantitative estimate of drug-likeness (QED) is 0.767. The van der Waals surface area contributed by atoms with Gasteiger partial charge in [0, 0.05) is 12.1 Å². The number of aryl methyl sites for hydroxylation is 1. The molecule has 8 heteroatoms. The number of carbonyl (C=O) groups is 2. The summed E-state index contributed by atoms with van der Waals surface area (Å²) < 4.78 is 7.36. The van der Waals surface area contributed by atoms with Crippen LogP contribution in [-0.2, 0) is 11.3 Å². The maximum atomic E-state index is 13.1. The van der Waals surface area contributed by atoms with Crippen LogP contribution in [0.4, 0.5) is 5.69 Å². The molecule has 0 fully saturated rings. The van der Waals surface area contributed by atoms with Gasteiger partial charge in [0.25, 0.3) is 11.8 Å². The molecule has 2 amide bonds. The van der Waals surface area contributed by atoms with Crippen LogP contribution in [0.5, 0.6) is 5.75 Å². The molecular weight excluding hydrogens is 334 g/mol. The summed E-state index contributed by atoms with van der Waals surface area (Å²) >= 11 is 0. The molecule has 2 aromatic carbocycles. The third kappa shape index (κ3) is 2.55. The lowest BCUT2D eigenvalue weighted by Gasteiger charge is -2.33. The minimum absolute atomic E-state index is 0.0604. The largest absolute Gasteiger partial charge is 0.477 e. The molecule has 1 aromatic heterocycles. The number of hydrogen-bond donors (Lipinski definition) is 1. The van der Waals surface area contributed by atoms with E-state index in [4.69, 9.17) is 10.5 Å². The van der Waals surface area contributed by atoms with Crippen molar-refractivity contribution in [1.29, 1.82) is 0 Å². The molecule has 0 unspecified atom stereocenters. The van der Waals surface area contributed by atoms with Crippen molar-refractivity contribution in [1.82, 2.24) is 15.0 Å². The second-order valence-electron chi connectivity index (χ2n) is 6.00. The number of hydrogen-bond acceptors (Lipinski definition) is 5. The number of para-hydroxylation sites is 2. The molecule has 1 atom stereocenters. The highest BCUT2D eigenvalue weighted by atomic mass is 16.5. The van der Waals surface area contributed by atoms with Gasteiger partial charge < -0.3 is 15.4 Å². The van der Waals surface area contributed by atoms with Gasteiger partial charge in [0.1, 0.15) is 11.3 Å². The smallest absolute Gasteiger partial charge is 0.260 e. The Morgan fingerprint density at radius 3 is 2.85 bits per heavy atom. The van der Waals surface area contributed by atoms with E-state index in [-0.39, 0.29) is 12.5 Å². The summed E-state index contributed by atoms with van der Waals surface area (Å²) in [4.78, 5) is 26.2. The maximum absolute atomic E-state index is 13.1. The Morgan fingerprint density at radius 2 is 2.08 bits per heavy atom. The topological polar surface area (TPSA) is 103 Å². The highest BCUT2D eigenvalue weighted by Gasteiger charge is 2.33. The molecule has 4 rings (SSSR count). The highest BCUT2D eigenvalue weighted by Crippen LogP contribution is 2.34. The number of benzene rings is 2. The van der Waals surface area contributed by atoms with E-state index in [0.717, 1.165) is 5.52 Å². The number of anilines is 1. The van der Waals surface area contributed by atoms with Gasteiger partial charge in [0.15, 0.2) is 6.10 Å². The Morgan fingerprint density at radius 1 is 1.27 bits per heavy atom. The molecular formula is C18H17N5O3. The monoisotopic (exact) mass is 351 g/mol. The standard InChI is InChI=1S/C18H17N5O3/c1-2-23-13-8-7-11(9-12(13)20-21-23)18(25)22-10-16(17(19)24)26-15-6-4-3-5-14(15)22/h3-9,16H,2,10H2,1H3,(H2,19,24)/t16-/m0/s1.